The Balaban J connectivity index is 1.57. The third-order valence-corrected chi connectivity index (χ3v) is 7.99. The van der Waals surface area contributed by atoms with Crippen molar-refractivity contribution in [1.82, 2.24) is 5.32 Å². The summed E-state index contributed by atoms with van der Waals surface area (Å²) in [5.74, 6) is -0.969. The summed E-state index contributed by atoms with van der Waals surface area (Å²) in [6.45, 7) is 3.17. The van der Waals surface area contributed by atoms with E-state index in [4.69, 9.17) is 25.8 Å². The van der Waals surface area contributed by atoms with Gasteiger partial charge in [-0.1, -0.05) is 29.8 Å². The molecule has 2 aromatic carbocycles. The van der Waals surface area contributed by atoms with Crippen LogP contribution in [0.3, 0.4) is 0 Å². The maximum atomic E-state index is 13.8. The number of esters is 2. The van der Waals surface area contributed by atoms with Gasteiger partial charge in [0, 0.05) is 41.3 Å². The van der Waals surface area contributed by atoms with Crippen molar-refractivity contribution >= 4 is 29.3 Å². The van der Waals surface area contributed by atoms with Gasteiger partial charge in [-0.15, -0.1) is 0 Å². The van der Waals surface area contributed by atoms with Crippen LogP contribution in [0.5, 0.6) is 11.5 Å². The number of carbonyl (C=O) groups is 3. The fourth-order valence-corrected chi connectivity index (χ4v) is 6.06. The lowest BCUT2D eigenvalue weighted by Gasteiger charge is -2.37. The Labute approximate surface area is 233 Å². The third-order valence-electron chi connectivity index (χ3n) is 7.74. The third kappa shape index (κ3) is 5.59. The number of ether oxygens (including phenoxy) is 3. The Bertz CT molecular complexity index is 1370. The standard InChI is InChI=1S/C31H32ClNO6/c1-17-28(31(36)39-23-6-4-5-7-23)29(20-10-13-26(38-18(2)34)27(16-20)37-3)30-24(33-17)14-21(15-25(30)35)19-8-11-22(32)12-9-19/h8-13,16,21,23,29,33H,4-7,14-15H2,1-3H3/t21-,29+/m1/s1. The molecule has 1 heterocycles. The summed E-state index contributed by atoms with van der Waals surface area (Å²) >= 11 is 6.09. The van der Waals surface area contributed by atoms with E-state index in [1.165, 1.54) is 14.0 Å². The number of hydrogen-bond acceptors (Lipinski definition) is 7. The van der Waals surface area contributed by atoms with Gasteiger partial charge >= 0.3 is 11.9 Å². The SMILES string of the molecule is COc1cc([C@H]2C(C(=O)OC3CCCC3)=C(C)NC3=C2C(=O)C[C@H](c2ccc(Cl)cc2)C3)ccc1OC(C)=O. The zero-order chi connectivity index (χ0) is 27.7. The number of carbonyl (C=O) groups excluding carboxylic acids is 3. The first kappa shape index (κ1) is 27.0. The Hall–Kier alpha value is -3.58. The van der Waals surface area contributed by atoms with Crippen LogP contribution in [0.25, 0.3) is 0 Å². The van der Waals surface area contributed by atoms with Crippen molar-refractivity contribution in [1.29, 1.82) is 0 Å². The molecule has 2 aliphatic carbocycles. The second-order valence-corrected chi connectivity index (χ2v) is 10.8. The van der Waals surface area contributed by atoms with Crippen molar-refractivity contribution < 1.29 is 28.6 Å². The quantitative estimate of drug-likeness (QED) is 0.343. The molecule has 0 radical (unpaired) electrons. The van der Waals surface area contributed by atoms with Gasteiger partial charge in [0.05, 0.1) is 12.7 Å². The molecule has 0 amide bonds. The van der Waals surface area contributed by atoms with Crippen LogP contribution in [0.15, 0.2) is 65.0 Å². The minimum absolute atomic E-state index is 0.0117. The van der Waals surface area contributed by atoms with Crippen molar-refractivity contribution in [3.05, 3.63) is 81.2 Å². The molecule has 0 spiro atoms. The van der Waals surface area contributed by atoms with Crippen LogP contribution in [0.1, 0.15) is 75.3 Å². The maximum absolute atomic E-state index is 13.8. The van der Waals surface area contributed by atoms with Gasteiger partial charge in [0.2, 0.25) is 0 Å². The van der Waals surface area contributed by atoms with Gasteiger partial charge in [-0.05, 0) is 80.3 Å². The number of benzene rings is 2. The minimum atomic E-state index is -0.644. The largest absolute Gasteiger partial charge is 0.493 e. The molecule has 0 saturated heterocycles. The predicted octanol–water partition coefficient (Wildman–Crippen LogP) is 6.12. The molecule has 7 nitrogen and oxygen atoms in total. The number of rotatable bonds is 6. The highest BCUT2D eigenvalue weighted by molar-refractivity contribution is 6.30. The van der Waals surface area contributed by atoms with Gasteiger partial charge in [0.1, 0.15) is 6.10 Å². The molecule has 0 unspecified atom stereocenters. The molecule has 2 atom stereocenters. The molecule has 8 heteroatoms. The molecular weight excluding hydrogens is 518 g/mol. The molecular formula is C31H32ClNO6. The van der Waals surface area contributed by atoms with Crippen LogP contribution in [-0.2, 0) is 19.1 Å². The predicted molar refractivity (Wildman–Crippen MR) is 147 cm³/mol. The van der Waals surface area contributed by atoms with E-state index in [2.05, 4.69) is 5.32 Å². The average molecular weight is 550 g/mol. The van der Waals surface area contributed by atoms with E-state index in [0.717, 1.165) is 36.9 Å². The second-order valence-electron chi connectivity index (χ2n) is 10.4. The van der Waals surface area contributed by atoms with Crippen molar-refractivity contribution in [2.45, 2.75) is 70.3 Å². The van der Waals surface area contributed by atoms with Crippen LogP contribution >= 0.6 is 11.6 Å². The molecule has 2 aromatic rings. The van der Waals surface area contributed by atoms with E-state index in [1.54, 1.807) is 18.2 Å². The highest BCUT2D eigenvalue weighted by Gasteiger charge is 2.42. The number of Topliss-reactive ketones (excluding diaryl/α,β-unsaturated/α-hetero) is 1. The topological polar surface area (TPSA) is 90.9 Å². The van der Waals surface area contributed by atoms with E-state index in [0.29, 0.717) is 46.0 Å². The van der Waals surface area contributed by atoms with E-state index in [1.807, 2.05) is 31.2 Å². The first-order valence-electron chi connectivity index (χ1n) is 13.3. The van der Waals surface area contributed by atoms with Crippen molar-refractivity contribution in [2.75, 3.05) is 7.11 Å². The highest BCUT2D eigenvalue weighted by atomic mass is 35.5. The molecule has 0 bridgehead atoms. The van der Waals surface area contributed by atoms with Gasteiger partial charge in [-0.2, -0.15) is 0 Å². The number of methoxy groups -OCH3 is 1. The zero-order valence-electron chi connectivity index (χ0n) is 22.3. The molecule has 3 aliphatic rings. The summed E-state index contributed by atoms with van der Waals surface area (Å²) in [6.07, 6.45) is 4.56. The monoisotopic (exact) mass is 549 g/mol. The van der Waals surface area contributed by atoms with E-state index in [-0.39, 0.29) is 23.6 Å². The highest BCUT2D eigenvalue weighted by Crippen LogP contribution is 2.47. The Morgan fingerprint density at radius 1 is 0.974 bits per heavy atom. The van der Waals surface area contributed by atoms with Crippen LogP contribution < -0.4 is 14.8 Å². The van der Waals surface area contributed by atoms with E-state index in [9.17, 15) is 14.4 Å². The summed E-state index contributed by atoms with van der Waals surface area (Å²) in [4.78, 5) is 39.1. The molecule has 1 aliphatic heterocycles. The summed E-state index contributed by atoms with van der Waals surface area (Å²) in [5.41, 5.74) is 4.17. The van der Waals surface area contributed by atoms with Crippen molar-refractivity contribution in [2.24, 2.45) is 0 Å². The number of nitrogens with one attached hydrogen (secondary N) is 1. The van der Waals surface area contributed by atoms with Gasteiger partial charge < -0.3 is 19.5 Å². The Kier molecular flexibility index (Phi) is 7.80. The van der Waals surface area contributed by atoms with Gasteiger partial charge in [0.25, 0.3) is 0 Å². The van der Waals surface area contributed by atoms with Crippen LogP contribution in [0.4, 0.5) is 0 Å². The lowest BCUT2D eigenvalue weighted by Crippen LogP contribution is -2.36. The molecule has 204 valence electrons. The van der Waals surface area contributed by atoms with Gasteiger partial charge in [-0.3, -0.25) is 9.59 Å². The summed E-state index contributed by atoms with van der Waals surface area (Å²) in [6, 6.07) is 12.7. The smallest absolute Gasteiger partial charge is 0.337 e. The molecule has 39 heavy (non-hydrogen) atoms. The first-order chi connectivity index (χ1) is 18.7. The lowest BCUT2D eigenvalue weighted by atomic mass is 9.71. The van der Waals surface area contributed by atoms with Crippen molar-refractivity contribution in [3.8, 4) is 11.5 Å². The molecule has 1 N–H and O–H groups in total. The van der Waals surface area contributed by atoms with Crippen LogP contribution in [0, 0.1) is 0 Å². The summed E-state index contributed by atoms with van der Waals surface area (Å²) in [7, 11) is 1.48. The minimum Gasteiger partial charge on any atom is -0.493 e. The number of ketones is 1. The molecule has 1 fully saturated rings. The molecule has 0 aromatic heterocycles. The maximum Gasteiger partial charge on any atom is 0.337 e. The zero-order valence-corrected chi connectivity index (χ0v) is 23.1. The summed E-state index contributed by atoms with van der Waals surface area (Å²) in [5, 5.41) is 4.04. The molecule has 5 rings (SSSR count). The second kappa shape index (κ2) is 11.3. The van der Waals surface area contributed by atoms with Crippen molar-refractivity contribution in [3.63, 3.8) is 0 Å². The van der Waals surface area contributed by atoms with Crippen LogP contribution in [0.2, 0.25) is 5.02 Å². The van der Waals surface area contributed by atoms with E-state index < -0.39 is 17.9 Å². The van der Waals surface area contributed by atoms with Gasteiger partial charge in [0.15, 0.2) is 17.3 Å². The number of hydrogen-bond donors (Lipinski definition) is 1. The van der Waals surface area contributed by atoms with Gasteiger partial charge in [-0.25, -0.2) is 4.79 Å². The summed E-state index contributed by atoms with van der Waals surface area (Å²) < 4.78 is 16.8. The fourth-order valence-electron chi connectivity index (χ4n) is 5.94. The van der Waals surface area contributed by atoms with E-state index >= 15 is 0 Å². The van der Waals surface area contributed by atoms with Crippen LogP contribution in [-0.4, -0.2) is 30.9 Å². The number of halogens is 1. The normalized spacial score (nSPS) is 21.4. The Morgan fingerprint density at radius 2 is 1.67 bits per heavy atom. The Morgan fingerprint density at radius 3 is 2.33 bits per heavy atom. The number of dihydropyridines is 1. The average Bonchev–Trinajstić information content (AvgIpc) is 3.41. The number of allylic oxidation sites excluding steroid dienone is 3. The lowest BCUT2D eigenvalue weighted by molar-refractivity contribution is -0.144. The first-order valence-corrected chi connectivity index (χ1v) is 13.7. The fraction of sp³-hybridized carbons (Fsp3) is 0.387. The molecule has 1 saturated carbocycles.